The fraction of sp³-hybridized carbons (Fsp3) is 0.920. The second-order valence-electron chi connectivity index (χ2n) is 10.8. The first-order valence-corrected chi connectivity index (χ1v) is 12.8. The zero-order chi connectivity index (χ0) is 24.7. The summed E-state index contributed by atoms with van der Waals surface area (Å²) in [4.78, 5) is 26.2. The molecular weight excluding hydrogens is 424 g/mol. The molecule has 2 rings (SSSR count). The minimum atomic E-state index is -1.73. The number of aliphatic hydroxyl groups is 2. The summed E-state index contributed by atoms with van der Waals surface area (Å²) in [5.41, 5.74) is -3.27. The van der Waals surface area contributed by atoms with E-state index in [1.807, 2.05) is 6.92 Å². The van der Waals surface area contributed by atoms with Crippen LogP contribution in [0.5, 0.6) is 0 Å². The third-order valence-electron chi connectivity index (χ3n) is 7.16. The van der Waals surface area contributed by atoms with Crippen molar-refractivity contribution < 1.29 is 29.3 Å². The summed E-state index contributed by atoms with van der Waals surface area (Å²) < 4.78 is 11.6. The number of alkyl carbamates (subject to hydrolysis) is 1. The Bertz CT molecular complexity index is 643. The number of hydrogen-bond donors (Lipinski definition) is 4. The van der Waals surface area contributed by atoms with Crippen LogP contribution in [0.2, 0.25) is 0 Å². The van der Waals surface area contributed by atoms with Gasteiger partial charge in [0.25, 0.3) is 0 Å². The molecule has 2 fully saturated rings. The van der Waals surface area contributed by atoms with Crippen molar-refractivity contribution in [3.8, 4) is 0 Å². The molecule has 0 aromatic heterocycles. The third-order valence-corrected chi connectivity index (χ3v) is 7.16. The second kappa shape index (κ2) is 11.8. The number of esters is 1. The fourth-order valence-electron chi connectivity index (χ4n) is 5.31. The molecule has 33 heavy (non-hydrogen) atoms. The first-order chi connectivity index (χ1) is 15.5. The highest BCUT2D eigenvalue weighted by Crippen LogP contribution is 2.53. The molecule has 1 aliphatic carbocycles. The molecule has 1 unspecified atom stereocenters. The van der Waals surface area contributed by atoms with Gasteiger partial charge in [0.1, 0.15) is 11.7 Å². The van der Waals surface area contributed by atoms with E-state index >= 15 is 0 Å². The number of piperidine rings is 1. The van der Waals surface area contributed by atoms with Gasteiger partial charge >= 0.3 is 12.1 Å². The van der Waals surface area contributed by atoms with Crippen LogP contribution >= 0.6 is 0 Å². The largest absolute Gasteiger partial charge is 0.444 e. The van der Waals surface area contributed by atoms with Crippen molar-refractivity contribution >= 4 is 12.1 Å². The molecule has 0 aromatic carbocycles. The number of ether oxygens (including phenoxy) is 2. The van der Waals surface area contributed by atoms with Crippen LogP contribution in [0, 0.1) is 11.3 Å². The number of aliphatic hydroxyl groups excluding tert-OH is 2. The summed E-state index contributed by atoms with van der Waals surface area (Å²) in [6.45, 7) is 10.6. The van der Waals surface area contributed by atoms with Crippen LogP contribution in [0.3, 0.4) is 0 Å². The summed E-state index contributed by atoms with van der Waals surface area (Å²) in [5.74, 6) is -0.761. The van der Waals surface area contributed by atoms with Crippen LogP contribution in [0.25, 0.3) is 0 Å². The first kappa shape index (κ1) is 27.9. The van der Waals surface area contributed by atoms with Gasteiger partial charge in [0, 0.05) is 5.41 Å². The molecule has 8 nitrogen and oxygen atoms in total. The number of unbranched alkanes of at least 4 members (excludes halogenated alkanes) is 4. The molecule has 1 saturated carbocycles. The average molecular weight is 471 g/mol. The summed E-state index contributed by atoms with van der Waals surface area (Å²) in [6, 6.07) is 0. The van der Waals surface area contributed by atoms with Crippen molar-refractivity contribution in [3.63, 3.8) is 0 Å². The van der Waals surface area contributed by atoms with E-state index in [1.54, 1.807) is 20.8 Å². The number of rotatable bonds is 10. The van der Waals surface area contributed by atoms with E-state index in [0.717, 1.165) is 25.7 Å². The van der Waals surface area contributed by atoms with Crippen molar-refractivity contribution in [1.82, 2.24) is 10.6 Å². The Morgan fingerprint density at radius 3 is 2.30 bits per heavy atom. The monoisotopic (exact) mass is 470 g/mol. The van der Waals surface area contributed by atoms with Crippen LogP contribution in [0.1, 0.15) is 98.8 Å². The zero-order valence-electron chi connectivity index (χ0n) is 21.2. The quantitative estimate of drug-likeness (QED) is 0.219. The molecule has 1 amide bonds. The SMILES string of the molecule is CCCCCCCC(CC)C(=O)O[C@]1(NC(=O)OC(C)(C)C)[C@@H](O)[C@@H](O)CC12CCNCC2. The molecule has 8 heteroatoms. The predicted molar refractivity (Wildman–Crippen MR) is 127 cm³/mol. The summed E-state index contributed by atoms with van der Waals surface area (Å²) in [5, 5.41) is 27.8. The van der Waals surface area contributed by atoms with Gasteiger partial charge in [0.15, 0.2) is 0 Å². The van der Waals surface area contributed by atoms with Crippen molar-refractivity contribution in [3.05, 3.63) is 0 Å². The van der Waals surface area contributed by atoms with Gasteiger partial charge in [-0.1, -0.05) is 46.0 Å². The van der Waals surface area contributed by atoms with Crippen LogP contribution in [0.15, 0.2) is 0 Å². The van der Waals surface area contributed by atoms with Crippen molar-refractivity contribution in [2.75, 3.05) is 13.1 Å². The van der Waals surface area contributed by atoms with Crippen LogP contribution in [0.4, 0.5) is 4.79 Å². The van der Waals surface area contributed by atoms with Crippen molar-refractivity contribution in [2.24, 2.45) is 11.3 Å². The van der Waals surface area contributed by atoms with Gasteiger partial charge < -0.3 is 25.0 Å². The van der Waals surface area contributed by atoms with E-state index in [0.29, 0.717) is 38.8 Å². The minimum absolute atomic E-state index is 0.243. The van der Waals surface area contributed by atoms with Gasteiger partial charge in [0.05, 0.1) is 12.0 Å². The van der Waals surface area contributed by atoms with Crippen LogP contribution < -0.4 is 10.6 Å². The Kier molecular flexibility index (Phi) is 10.0. The minimum Gasteiger partial charge on any atom is -0.444 e. The molecule has 1 saturated heterocycles. The van der Waals surface area contributed by atoms with Crippen LogP contribution in [-0.4, -0.2) is 58.9 Å². The molecule has 0 bridgehead atoms. The predicted octanol–water partition coefficient (Wildman–Crippen LogP) is 3.63. The number of carbonyl (C=O) groups excluding carboxylic acids is 2. The van der Waals surface area contributed by atoms with Gasteiger partial charge in [0.2, 0.25) is 5.72 Å². The molecule has 192 valence electrons. The second-order valence-corrected chi connectivity index (χ2v) is 10.8. The van der Waals surface area contributed by atoms with Gasteiger partial charge in [-0.3, -0.25) is 10.1 Å². The van der Waals surface area contributed by atoms with E-state index < -0.39 is 41.0 Å². The molecule has 2 aliphatic rings. The number of carbonyl (C=O) groups is 2. The lowest BCUT2D eigenvalue weighted by Crippen LogP contribution is -2.68. The van der Waals surface area contributed by atoms with E-state index in [4.69, 9.17) is 9.47 Å². The Morgan fingerprint density at radius 1 is 1.09 bits per heavy atom. The van der Waals surface area contributed by atoms with Crippen molar-refractivity contribution in [2.45, 2.75) is 122 Å². The standard InChI is InChI=1S/C25H46N2O6/c1-6-8-9-10-11-12-18(7-2)21(30)32-25(27-22(31)33-23(3,4)5)20(29)19(28)17-24(25)13-15-26-16-14-24/h18-20,26,28-29H,6-17H2,1-5H3,(H,27,31)/t18?,19-,20-,25+/m0/s1. The zero-order valence-corrected chi connectivity index (χ0v) is 21.2. The molecule has 4 N–H and O–H groups in total. The highest BCUT2D eigenvalue weighted by Gasteiger charge is 2.67. The van der Waals surface area contributed by atoms with E-state index in [-0.39, 0.29) is 12.3 Å². The Balaban J connectivity index is 2.28. The molecular formula is C25H46N2O6. The maximum absolute atomic E-state index is 13.4. The molecule has 4 atom stereocenters. The average Bonchev–Trinajstić information content (AvgIpc) is 2.91. The fourth-order valence-corrected chi connectivity index (χ4v) is 5.31. The van der Waals surface area contributed by atoms with Gasteiger partial charge in [-0.05, 0) is 66.0 Å². The number of hydrogen-bond acceptors (Lipinski definition) is 7. The van der Waals surface area contributed by atoms with Crippen LogP contribution in [-0.2, 0) is 14.3 Å². The Morgan fingerprint density at radius 2 is 1.73 bits per heavy atom. The lowest BCUT2D eigenvalue weighted by Gasteiger charge is -2.48. The van der Waals surface area contributed by atoms with E-state index in [1.165, 1.54) is 6.42 Å². The molecule has 1 heterocycles. The highest BCUT2D eigenvalue weighted by molar-refractivity contribution is 5.75. The smallest absolute Gasteiger partial charge is 0.410 e. The van der Waals surface area contributed by atoms with Gasteiger partial charge in [-0.2, -0.15) is 0 Å². The normalized spacial score (nSPS) is 27.8. The third kappa shape index (κ3) is 6.83. The lowest BCUT2D eigenvalue weighted by molar-refractivity contribution is -0.209. The summed E-state index contributed by atoms with van der Waals surface area (Å²) in [7, 11) is 0. The number of amides is 1. The topological polar surface area (TPSA) is 117 Å². The summed E-state index contributed by atoms with van der Waals surface area (Å²) in [6.07, 6.45) is 4.84. The molecule has 1 spiro atoms. The number of nitrogens with one attached hydrogen (secondary N) is 2. The first-order valence-electron chi connectivity index (χ1n) is 12.8. The molecule has 1 aliphatic heterocycles. The van der Waals surface area contributed by atoms with Crippen molar-refractivity contribution in [1.29, 1.82) is 0 Å². The molecule has 0 aromatic rings. The van der Waals surface area contributed by atoms with E-state index in [9.17, 15) is 19.8 Å². The Hall–Kier alpha value is -1.38. The maximum Gasteiger partial charge on any atom is 0.410 e. The summed E-state index contributed by atoms with van der Waals surface area (Å²) >= 11 is 0. The maximum atomic E-state index is 13.4. The van der Waals surface area contributed by atoms with Gasteiger partial charge in [-0.25, -0.2) is 4.79 Å². The highest BCUT2D eigenvalue weighted by atomic mass is 16.6. The Labute approximate surface area is 199 Å². The van der Waals surface area contributed by atoms with Gasteiger partial charge in [-0.15, -0.1) is 0 Å². The van der Waals surface area contributed by atoms with E-state index in [2.05, 4.69) is 17.6 Å². The lowest BCUT2D eigenvalue weighted by atomic mass is 9.71. The molecule has 0 radical (unpaired) electrons.